The third kappa shape index (κ3) is 4.41. The second-order valence-electron chi connectivity index (χ2n) is 6.85. The smallest absolute Gasteiger partial charge is 0.322 e. The number of nitrogens with one attached hydrogen (secondary N) is 1. The Hall–Kier alpha value is -2.26. The second-order valence-corrected chi connectivity index (χ2v) is 8.79. The molecule has 1 N–H and O–H groups in total. The third-order valence-electron chi connectivity index (χ3n) is 5.08. The molecule has 28 heavy (non-hydrogen) atoms. The summed E-state index contributed by atoms with van der Waals surface area (Å²) >= 11 is 0. The Morgan fingerprint density at radius 1 is 1.11 bits per heavy atom. The van der Waals surface area contributed by atoms with Gasteiger partial charge in [-0.2, -0.15) is 4.31 Å². The number of benzene rings is 1. The van der Waals surface area contributed by atoms with Crippen LogP contribution in [0.3, 0.4) is 0 Å². The van der Waals surface area contributed by atoms with Crippen molar-refractivity contribution in [2.75, 3.05) is 18.4 Å². The lowest BCUT2D eigenvalue weighted by molar-refractivity contribution is 0.102. The van der Waals surface area contributed by atoms with Crippen LogP contribution in [0.4, 0.5) is 6.01 Å². The fraction of sp³-hybridized carbons (Fsp3) is 0.526. The van der Waals surface area contributed by atoms with Gasteiger partial charge in [-0.25, -0.2) is 8.42 Å². The average Bonchev–Trinajstić information content (AvgIpc) is 3.18. The SMILES string of the molecule is CCN(CC)S(=O)(=O)c1ccc(C(=O)Nc2nnc(C3CCCCC3)o2)cc1. The van der Waals surface area contributed by atoms with Gasteiger partial charge in [0.25, 0.3) is 5.91 Å². The molecule has 2 aromatic rings. The first-order chi connectivity index (χ1) is 13.5. The van der Waals surface area contributed by atoms with Crippen LogP contribution in [0.15, 0.2) is 33.6 Å². The van der Waals surface area contributed by atoms with Gasteiger partial charge in [-0.15, -0.1) is 5.10 Å². The summed E-state index contributed by atoms with van der Waals surface area (Å²) in [6, 6.07) is 5.88. The molecular weight excluding hydrogens is 380 g/mol. The van der Waals surface area contributed by atoms with E-state index in [1.54, 1.807) is 13.8 Å². The zero-order valence-corrected chi connectivity index (χ0v) is 17.0. The number of carbonyl (C=O) groups excluding carboxylic acids is 1. The van der Waals surface area contributed by atoms with Gasteiger partial charge in [0.15, 0.2) is 0 Å². The van der Waals surface area contributed by atoms with Crippen molar-refractivity contribution in [1.29, 1.82) is 0 Å². The Morgan fingerprint density at radius 3 is 2.36 bits per heavy atom. The van der Waals surface area contributed by atoms with Gasteiger partial charge >= 0.3 is 6.01 Å². The lowest BCUT2D eigenvalue weighted by Crippen LogP contribution is -2.30. The summed E-state index contributed by atoms with van der Waals surface area (Å²) in [5, 5.41) is 10.5. The number of aromatic nitrogens is 2. The van der Waals surface area contributed by atoms with E-state index in [1.165, 1.54) is 35.0 Å². The Balaban J connectivity index is 1.67. The minimum atomic E-state index is -3.55. The van der Waals surface area contributed by atoms with Crippen LogP contribution in [-0.2, 0) is 10.0 Å². The zero-order valence-electron chi connectivity index (χ0n) is 16.2. The van der Waals surface area contributed by atoms with Gasteiger partial charge in [-0.3, -0.25) is 10.1 Å². The molecule has 0 spiro atoms. The fourth-order valence-corrected chi connectivity index (χ4v) is 4.92. The number of sulfonamides is 1. The van der Waals surface area contributed by atoms with E-state index in [0.29, 0.717) is 24.5 Å². The molecule has 3 rings (SSSR count). The Bertz CT molecular complexity index is 898. The monoisotopic (exact) mass is 406 g/mol. The topological polar surface area (TPSA) is 105 Å². The highest BCUT2D eigenvalue weighted by Crippen LogP contribution is 2.32. The van der Waals surface area contributed by atoms with Crippen LogP contribution < -0.4 is 5.32 Å². The van der Waals surface area contributed by atoms with E-state index in [2.05, 4.69) is 15.5 Å². The van der Waals surface area contributed by atoms with E-state index >= 15 is 0 Å². The third-order valence-corrected chi connectivity index (χ3v) is 7.14. The highest BCUT2D eigenvalue weighted by Gasteiger charge is 2.23. The number of nitrogens with zero attached hydrogens (tertiary/aromatic N) is 3. The summed E-state index contributed by atoms with van der Waals surface area (Å²) in [5.74, 6) is 0.401. The number of hydrogen-bond donors (Lipinski definition) is 1. The molecular formula is C19H26N4O4S. The van der Waals surface area contributed by atoms with Gasteiger partial charge in [0.05, 0.1) is 4.90 Å². The molecule has 152 valence electrons. The summed E-state index contributed by atoms with van der Waals surface area (Å²) in [6.45, 7) is 4.35. The summed E-state index contributed by atoms with van der Waals surface area (Å²) in [6.07, 6.45) is 5.58. The van der Waals surface area contributed by atoms with Crippen molar-refractivity contribution in [3.05, 3.63) is 35.7 Å². The Labute approximate surface area is 165 Å². The van der Waals surface area contributed by atoms with E-state index < -0.39 is 15.9 Å². The molecule has 1 saturated carbocycles. The van der Waals surface area contributed by atoms with Crippen molar-refractivity contribution in [3.8, 4) is 0 Å². The van der Waals surface area contributed by atoms with Crippen molar-refractivity contribution >= 4 is 21.9 Å². The van der Waals surface area contributed by atoms with Crippen molar-refractivity contribution in [2.45, 2.75) is 56.8 Å². The molecule has 1 aromatic carbocycles. The number of amides is 1. The maximum Gasteiger partial charge on any atom is 0.322 e. The fourth-order valence-electron chi connectivity index (χ4n) is 3.46. The van der Waals surface area contributed by atoms with Crippen LogP contribution in [0.2, 0.25) is 0 Å². The highest BCUT2D eigenvalue weighted by molar-refractivity contribution is 7.89. The molecule has 0 unspecified atom stereocenters. The normalized spacial score (nSPS) is 15.7. The summed E-state index contributed by atoms with van der Waals surface area (Å²) in [4.78, 5) is 12.6. The van der Waals surface area contributed by atoms with Crippen molar-refractivity contribution in [3.63, 3.8) is 0 Å². The molecule has 8 nitrogen and oxygen atoms in total. The molecule has 0 radical (unpaired) electrons. The van der Waals surface area contributed by atoms with Gasteiger partial charge in [0, 0.05) is 24.6 Å². The van der Waals surface area contributed by atoms with Crippen LogP contribution in [0.5, 0.6) is 0 Å². The van der Waals surface area contributed by atoms with Crippen LogP contribution in [0.1, 0.15) is 68.1 Å². The van der Waals surface area contributed by atoms with Crippen LogP contribution >= 0.6 is 0 Å². The first kappa shape index (κ1) is 20.5. The molecule has 0 atom stereocenters. The van der Waals surface area contributed by atoms with E-state index in [0.717, 1.165) is 25.7 Å². The second kappa shape index (κ2) is 8.83. The maximum atomic E-state index is 12.5. The molecule has 1 aromatic heterocycles. The molecule has 9 heteroatoms. The van der Waals surface area contributed by atoms with Gasteiger partial charge in [0.1, 0.15) is 0 Å². The molecule has 1 heterocycles. The largest absolute Gasteiger partial charge is 0.408 e. The predicted octanol–water partition coefficient (Wildman–Crippen LogP) is 3.40. The lowest BCUT2D eigenvalue weighted by atomic mass is 9.89. The van der Waals surface area contributed by atoms with E-state index in [1.807, 2.05) is 0 Å². The van der Waals surface area contributed by atoms with Crippen LogP contribution in [0, 0.1) is 0 Å². The number of carbonyl (C=O) groups is 1. The quantitative estimate of drug-likeness (QED) is 0.755. The predicted molar refractivity (Wildman–Crippen MR) is 105 cm³/mol. The van der Waals surface area contributed by atoms with Gasteiger partial charge < -0.3 is 4.42 Å². The van der Waals surface area contributed by atoms with Gasteiger partial charge in [-0.05, 0) is 37.1 Å². The van der Waals surface area contributed by atoms with Gasteiger partial charge in [-0.1, -0.05) is 38.2 Å². The van der Waals surface area contributed by atoms with Crippen LogP contribution in [-0.4, -0.2) is 41.9 Å². The molecule has 0 saturated heterocycles. The first-order valence-corrected chi connectivity index (χ1v) is 11.1. The standard InChI is InChI=1S/C19H26N4O4S/c1-3-23(4-2)28(25,26)16-12-10-14(11-13-16)17(24)20-19-22-21-18(27-19)15-8-6-5-7-9-15/h10-13,15H,3-9H2,1-2H3,(H,20,22,24). The van der Waals surface area contributed by atoms with E-state index in [4.69, 9.17) is 4.42 Å². The highest BCUT2D eigenvalue weighted by atomic mass is 32.2. The zero-order chi connectivity index (χ0) is 20.1. The Morgan fingerprint density at radius 2 is 1.75 bits per heavy atom. The first-order valence-electron chi connectivity index (χ1n) is 9.70. The maximum absolute atomic E-state index is 12.5. The summed E-state index contributed by atoms with van der Waals surface area (Å²) in [5.41, 5.74) is 0.316. The van der Waals surface area contributed by atoms with E-state index in [9.17, 15) is 13.2 Å². The van der Waals surface area contributed by atoms with Crippen molar-refractivity contribution < 1.29 is 17.6 Å². The van der Waals surface area contributed by atoms with E-state index in [-0.39, 0.29) is 16.8 Å². The van der Waals surface area contributed by atoms with Crippen molar-refractivity contribution in [2.24, 2.45) is 0 Å². The molecule has 1 aliphatic rings. The molecule has 1 amide bonds. The summed E-state index contributed by atoms with van der Waals surface area (Å²) in [7, 11) is -3.55. The molecule has 1 aliphatic carbocycles. The number of hydrogen-bond acceptors (Lipinski definition) is 6. The minimum Gasteiger partial charge on any atom is -0.408 e. The van der Waals surface area contributed by atoms with Crippen LogP contribution in [0.25, 0.3) is 0 Å². The molecule has 0 aliphatic heterocycles. The molecule has 1 fully saturated rings. The summed E-state index contributed by atoms with van der Waals surface area (Å²) < 4.78 is 32.0. The van der Waals surface area contributed by atoms with Crippen molar-refractivity contribution in [1.82, 2.24) is 14.5 Å². The lowest BCUT2D eigenvalue weighted by Gasteiger charge is -2.18. The van der Waals surface area contributed by atoms with Gasteiger partial charge in [0.2, 0.25) is 15.9 Å². The number of rotatable bonds is 7. The number of anilines is 1. The average molecular weight is 407 g/mol. The minimum absolute atomic E-state index is 0.0606. The molecule has 0 bridgehead atoms. The Kier molecular flexibility index (Phi) is 6.46.